The topological polar surface area (TPSA) is 12.0 Å². The molecule has 2 rings (SSSR count). The second-order valence-electron chi connectivity index (χ2n) is 5.85. The third kappa shape index (κ3) is 2.13. The normalized spacial score (nSPS) is 43.3. The molecule has 2 aliphatic rings. The van der Waals surface area contributed by atoms with E-state index >= 15 is 0 Å². The molecule has 0 saturated heterocycles. The number of rotatable bonds is 2. The van der Waals surface area contributed by atoms with Crippen LogP contribution in [0.4, 0.5) is 0 Å². The van der Waals surface area contributed by atoms with Crippen LogP contribution in [0.3, 0.4) is 0 Å². The molecule has 1 N–H and O–H groups in total. The molecule has 2 saturated carbocycles. The van der Waals surface area contributed by atoms with Crippen molar-refractivity contribution in [3.05, 3.63) is 0 Å². The van der Waals surface area contributed by atoms with Gasteiger partial charge in [0.1, 0.15) is 0 Å². The number of hydrogen-bond donors (Lipinski definition) is 1. The van der Waals surface area contributed by atoms with E-state index < -0.39 is 0 Å². The molecule has 0 aromatic carbocycles. The Labute approximate surface area is 88.7 Å². The summed E-state index contributed by atoms with van der Waals surface area (Å²) in [5.74, 6) is 1.98. The fourth-order valence-electron chi connectivity index (χ4n) is 3.62. The molecule has 1 nitrogen and oxygen atoms in total. The maximum atomic E-state index is 3.34. The Morgan fingerprint density at radius 1 is 1.14 bits per heavy atom. The molecule has 0 amide bonds. The van der Waals surface area contributed by atoms with Crippen LogP contribution in [0.1, 0.15) is 51.9 Å². The average molecular weight is 195 g/mol. The van der Waals surface area contributed by atoms with Crippen LogP contribution in [0, 0.1) is 17.3 Å². The van der Waals surface area contributed by atoms with Crippen LogP contribution in [0.15, 0.2) is 0 Å². The van der Waals surface area contributed by atoms with Crippen LogP contribution in [0.25, 0.3) is 0 Å². The highest BCUT2D eigenvalue weighted by Crippen LogP contribution is 2.52. The Kier molecular flexibility index (Phi) is 3.16. The van der Waals surface area contributed by atoms with E-state index in [2.05, 4.69) is 19.3 Å². The first-order valence-electron chi connectivity index (χ1n) is 6.39. The molecule has 2 fully saturated rings. The largest absolute Gasteiger partial charge is 0.319 e. The summed E-state index contributed by atoms with van der Waals surface area (Å²) in [6, 6.07) is 0. The van der Waals surface area contributed by atoms with Gasteiger partial charge in [0.2, 0.25) is 0 Å². The fourth-order valence-corrected chi connectivity index (χ4v) is 3.62. The highest BCUT2D eigenvalue weighted by Gasteiger charge is 2.40. The molecule has 14 heavy (non-hydrogen) atoms. The Morgan fingerprint density at radius 2 is 1.79 bits per heavy atom. The second-order valence-corrected chi connectivity index (χ2v) is 5.85. The summed E-state index contributed by atoms with van der Waals surface area (Å²) in [4.78, 5) is 0. The minimum absolute atomic E-state index is 0.786. The summed E-state index contributed by atoms with van der Waals surface area (Å²) < 4.78 is 0. The van der Waals surface area contributed by atoms with E-state index in [4.69, 9.17) is 0 Å². The maximum absolute atomic E-state index is 3.34. The molecule has 1 heteroatoms. The van der Waals surface area contributed by atoms with Gasteiger partial charge in [-0.05, 0) is 62.9 Å². The van der Waals surface area contributed by atoms with Crippen LogP contribution < -0.4 is 5.32 Å². The van der Waals surface area contributed by atoms with Gasteiger partial charge in [0.05, 0.1) is 0 Å². The van der Waals surface area contributed by atoms with Crippen molar-refractivity contribution in [2.45, 2.75) is 51.9 Å². The van der Waals surface area contributed by atoms with Crippen molar-refractivity contribution in [3.63, 3.8) is 0 Å². The minimum atomic E-state index is 0.786. The van der Waals surface area contributed by atoms with Gasteiger partial charge in [0.25, 0.3) is 0 Å². The van der Waals surface area contributed by atoms with Crippen molar-refractivity contribution in [2.75, 3.05) is 13.6 Å². The summed E-state index contributed by atoms with van der Waals surface area (Å²) in [5, 5.41) is 3.34. The molecule has 1 spiro atoms. The Morgan fingerprint density at radius 3 is 2.43 bits per heavy atom. The van der Waals surface area contributed by atoms with Gasteiger partial charge in [-0.2, -0.15) is 0 Å². The number of hydrogen-bond acceptors (Lipinski definition) is 1. The molecule has 1 atom stereocenters. The lowest BCUT2D eigenvalue weighted by atomic mass is 9.69. The first kappa shape index (κ1) is 10.5. The molecule has 0 aromatic rings. The predicted molar refractivity (Wildman–Crippen MR) is 61.3 cm³/mol. The molecule has 0 aromatic heterocycles. The van der Waals surface area contributed by atoms with E-state index in [1.165, 1.54) is 51.5 Å². The SMILES string of the molecule is CNCC1CCC2(CCC(C)CC2)C1. The van der Waals surface area contributed by atoms with Gasteiger partial charge >= 0.3 is 0 Å². The van der Waals surface area contributed by atoms with Crippen LogP contribution >= 0.6 is 0 Å². The summed E-state index contributed by atoms with van der Waals surface area (Å²) >= 11 is 0. The minimum Gasteiger partial charge on any atom is -0.319 e. The lowest BCUT2D eigenvalue weighted by Gasteiger charge is -2.36. The van der Waals surface area contributed by atoms with Crippen LogP contribution in [-0.2, 0) is 0 Å². The van der Waals surface area contributed by atoms with Gasteiger partial charge in [-0.1, -0.05) is 19.8 Å². The first-order chi connectivity index (χ1) is 6.74. The smallest absolute Gasteiger partial charge is 0.00233 e. The lowest BCUT2D eigenvalue weighted by molar-refractivity contribution is 0.156. The van der Waals surface area contributed by atoms with Gasteiger partial charge in [0.15, 0.2) is 0 Å². The van der Waals surface area contributed by atoms with E-state index in [1.54, 1.807) is 0 Å². The summed E-state index contributed by atoms with van der Waals surface area (Å²) in [6.45, 7) is 3.67. The predicted octanol–water partition coefficient (Wildman–Crippen LogP) is 3.20. The van der Waals surface area contributed by atoms with Gasteiger partial charge in [0, 0.05) is 0 Å². The van der Waals surface area contributed by atoms with Crippen LogP contribution in [0.2, 0.25) is 0 Å². The van der Waals surface area contributed by atoms with Crippen molar-refractivity contribution in [1.29, 1.82) is 0 Å². The van der Waals surface area contributed by atoms with E-state index in [0.717, 1.165) is 17.3 Å². The Bertz CT molecular complexity index is 180. The average Bonchev–Trinajstić information content (AvgIpc) is 2.56. The summed E-state index contributed by atoms with van der Waals surface area (Å²) in [6.07, 6.45) is 10.5. The molecule has 0 bridgehead atoms. The number of nitrogens with one attached hydrogen (secondary N) is 1. The molecule has 0 heterocycles. The summed E-state index contributed by atoms with van der Waals surface area (Å²) in [5.41, 5.74) is 0.786. The van der Waals surface area contributed by atoms with Crippen molar-refractivity contribution < 1.29 is 0 Å². The lowest BCUT2D eigenvalue weighted by Crippen LogP contribution is -2.25. The van der Waals surface area contributed by atoms with Crippen molar-refractivity contribution in [3.8, 4) is 0 Å². The molecule has 1 unspecified atom stereocenters. The highest BCUT2D eigenvalue weighted by molar-refractivity contribution is 4.92. The quantitative estimate of drug-likeness (QED) is 0.713. The third-order valence-electron chi connectivity index (χ3n) is 4.63. The van der Waals surface area contributed by atoms with E-state index in [-0.39, 0.29) is 0 Å². The molecule has 0 radical (unpaired) electrons. The van der Waals surface area contributed by atoms with Gasteiger partial charge in [-0.3, -0.25) is 0 Å². The van der Waals surface area contributed by atoms with Gasteiger partial charge in [-0.15, -0.1) is 0 Å². The van der Waals surface area contributed by atoms with Crippen LogP contribution in [-0.4, -0.2) is 13.6 Å². The third-order valence-corrected chi connectivity index (χ3v) is 4.63. The van der Waals surface area contributed by atoms with Crippen LogP contribution in [0.5, 0.6) is 0 Å². The van der Waals surface area contributed by atoms with E-state index in [9.17, 15) is 0 Å². The first-order valence-corrected chi connectivity index (χ1v) is 6.39. The van der Waals surface area contributed by atoms with Gasteiger partial charge < -0.3 is 5.32 Å². The maximum Gasteiger partial charge on any atom is -0.00233 e. The second kappa shape index (κ2) is 4.22. The zero-order chi connectivity index (χ0) is 10.0. The highest BCUT2D eigenvalue weighted by atomic mass is 14.8. The molecular weight excluding hydrogens is 170 g/mol. The Hall–Kier alpha value is -0.0400. The van der Waals surface area contributed by atoms with Crippen molar-refractivity contribution >= 4 is 0 Å². The summed E-state index contributed by atoms with van der Waals surface area (Å²) in [7, 11) is 2.09. The van der Waals surface area contributed by atoms with Crippen molar-refractivity contribution in [1.82, 2.24) is 5.32 Å². The zero-order valence-electron chi connectivity index (χ0n) is 9.81. The van der Waals surface area contributed by atoms with Gasteiger partial charge in [-0.25, -0.2) is 0 Å². The van der Waals surface area contributed by atoms with E-state index in [0.29, 0.717) is 0 Å². The Balaban J connectivity index is 1.86. The van der Waals surface area contributed by atoms with Crippen molar-refractivity contribution in [2.24, 2.45) is 17.3 Å². The van der Waals surface area contributed by atoms with E-state index in [1.807, 2.05) is 0 Å². The molecular formula is C13H25N. The molecule has 82 valence electrons. The molecule has 0 aliphatic heterocycles. The monoisotopic (exact) mass is 195 g/mol. The zero-order valence-corrected chi connectivity index (χ0v) is 9.81. The standard InChI is InChI=1S/C13H25N/c1-11-3-6-13(7-4-11)8-5-12(9-13)10-14-2/h11-12,14H,3-10H2,1-2H3. The molecule has 2 aliphatic carbocycles. The fraction of sp³-hybridized carbons (Fsp3) is 1.00.